The first kappa shape index (κ1) is 13.4. The lowest BCUT2D eigenvalue weighted by atomic mass is 9.98. The smallest absolute Gasteiger partial charge is 0.118 e. The molecule has 0 radical (unpaired) electrons. The third-order valence-electron chi connectivity index (χ3n) is 3.53. The monoisotopic (exact) mass is 250 g/mol. The van der Waals surface area contributed by atoms with E-state index in [1.165, 1.54) is 12.0 Å². The van der Waals surface area contributed by atoms with E-state index in [0.717, 1.165) is 38.0 Å². The molecule has 2 unspecified atom stereocenters. The summed E-state index contributed by atoms with van der Waals surface area (Å²) in [4.78, 5) is 0. The second-order valence-electron chi connectivity index (χ2n) is 4.86. The molecule has 0 saturated carbocycles. The molecule has 1 saturated heterocycles. The Morgan fingerprint density at radius 1 is 1.33 bits per heavy atom. The fourth-order valence-electron chi connectivity index (χ4n) is 2.36. The predicted octanol–water partition coefficient (Wildman–Crippen LogP) is 2.56. The van der Waals surface area contributed by atoms with E-state index in [2.05, 4.69) is 0 Å². The summed E-state index contributed by atoms with van der Waals surface area (Å²) >= 11 is 0. The molecule has 0 aromatic heterocycles. The van der Waals surface area contributed by atoms with Crippen LogP contribution < -0.4 is 4.74 Å². The van der Waals surface area contributed by atoms with Crippen molar-refractivity contribution in [2.45, 2.75) is 44.3 Å². The maximum Gasteiger partial charge on any atom is 0.118 e. The molecule has 0 bridgehead atoms. The Morgan fingerprint density at radius 3 is 2.72 bits per heavy atom. The van der Waals surface area contributed by atoms with Crippen molar-refractivity contribution >= 4 is 0 Å². The Morgan fingerprint density at radius 2 is 2.11 bits per heavy atom. The number of aliphatic hydroxyl groups is 1. The highest BCUT2D eigenvalue weighted by molar-refractivity contribution is 5.27. The first-order valence-electron chi connectivity index (χ1n) is 6.72. The lowest BCUT2D eigenvalue weighted by Gasteiger charge is -2.27. The summed E-state index contributed by atoms with van der Waals surface area (Å²) < 4.78 is 10.7. The third-order valence-corrected chi connectivity index (χ3v) is 3.53. The second-order valence-corrected chi connectivity index (χ2v) is 4.86. The molecule has 3 nitrogen and oxygen atoms in total. The zero-order valence-corrected chi connectivity index (χ0v) is 11.0. The number of aryl methyl sites for hydroxylation is 1. The van der Waals surface area contributed by atoms with E-state index < -0.39 is 0 Å². The van der Waals surface area contributed by atoms with Gasteiger partial charge >= 0.3 is 0 Å². The van der Waals surface area contributed by atoms with Crippen LogP contribution in [-0.4, -0.2) is 31.0 Å². The molecule has 3 heteroatoms. The van der Waals surface area contributed by atoms with E-state index >= 15 is 0 Å². The molecule has 100 valence electrons. The predicted molar refractivity (Wildman–Crippen MR) is 70.9 cm³/mol. The van der Waals surface area contributed by atoms with Crippen molar-refractivity contribution in [3.63, 3.8) is 0 Å². The minimum atomic E-state index is -0.340. The highest BCUT2D eigenvalue weighted by Gasteiger charge is 2.21. The number of hydrogen-bond acceptors (Lipinski definition) is 3. The first-order chi connectivity index (χ1) is 8.79. The van der Waals surface area contributed by atoms with Crippen molar-refractivity contribution in [2.24, 2.45) is 0 Å². The minimum absolute atomic E-state index is 0.0389. The van der Waals surface area contributed by atoms with Crippen LogP contribution in [0.3, 0.4) is 0 Å². The number of aliphatic hydroxyl groups excluding tert-OH is 1. The number of rotatable bonds is 5. The topological polar surface area (TPSA) is 38.7 Å². The van der Waals surface area contributed by atoms with Gasteiger partial charge in [0.15, 0.2) is 0 Å². The summed E-state index contributed by atoms with van der Waals surface area (Å²) in [7, 11) is 1.67. The van der Waals surface area contributed by atoms with Crippen LogP contribution >= 0.6 is 0 Å². The molecular weight excluding hydrogens is 228 g/mol. The highest BCUT2D eigenvalue weighted by Crippen LogP contribution is 2.19. The van der Waals surface area contributed by atoms with Crippen LogP contribution in [0.1, 0.15) is 31.2 Å². The molecule has 1 fully saturated rings. The summed E-state index contributed by atoms with van der Waals surface area (Å²) in [6, 6.07) is 8.01. The van der Waals surface area contributed by atoms with Gasteiger partial charge in [0.2, 0.25) is 0 Å². The molecule has 2 rings (SSSR count). The van der Waals surface area contributed by atoms with E-state index in [0.29, 0.717) is 0 Å². The lowest BCUT2D eigenvalue weighted by Crippen LogP contribution is -2.32. The van der Waals surface area contributed by atoms with Crippen molar-refractivity contribution < 1.29 is 14.6 Å². The van der Waals surface area contributed by atoms with Gasteiger partial charge in [-0.15, -0.1) is 0 Å². The van der Waals surface area contributed by atoms with E-state index in [1.54, 1.807) is 7.11 Å². The molecule has 1 N–H and O–H groups in total. The number of ether oxygens (including phenoxy) is 2. The molecule has 0 aliphatic carbocycles. The van der Waals surface area contributed by atoms with Gasteiger partial charge in [-0.05, 0) is 49.8 Å². The maximum absolute atomic E-state index is 10.1. The average Bonchev–Trinajstić information content (AvgIpc) is 2.46. The molecule has 2 atom stereocenters. The third kappa shape index (κ3) is 3.72. The maximum atomic E-state index is 10.1. The van der Waals surface area contributed by atoms with Gasteiger partial charge in [-0.3, -0.25) is 0 Å². The molecule has 1 aromatic carbocycles. The number of methoxy groups -OCH3 is 1. The number of hydrogen-bond donors (Lipinski definition) is 1. The van der Waals surface area contributed by atoms with Gasteiger partial charge in [0.05, 0.1) is 19.3 Å². The Hall–Kier alpha value is -1.06. The molecule has 0 amide bonds. The Labute approximate surface area is 109 Å². The molecule has 1 aromatic rings. The van der Waals surface area contributed by atoms with Crippen molar-refractivity contribution in [3.05, 3.63) is 29.8 Å². The fourth-order valence-corrected chi connectivity index (χ4v) is 2.36. The summed E-state index contributed by atoms with van der Waals surface area (Å²) in [5.41, 5.74) is 1.23. The Balaban J connectivity index is 1.78. The zero-order valence-electron chi connectivity index (χ0n) is 11.0. The van der Waals surface area contributed by atoms with Gasteiger partial charge in [0.25, 0.3) is 0 Å². The van der Waals surface area contributed by atoms with Gasteiger partial charge in [-0.2, -0.15) is 0 Å². The fraction of sp³-hybridized carbons (Fsp3) is 0.600. The number of benzene rings is 1. The summed E-state index contributed by atoms with van der Waals surface area (Å²) in [5, 5.41) is 10.1. The summed E-state index contributed by atoms with van der Waals surface area (Å²) in [5.74, 6) is 0.870. The standard InChI is InChI=1S/C15H22O3/c1-17-13-8-5-12(6-9-13)7-10-14(16)15-4-2-3-11-18-15/h5-6,8-9,14-16H,2-4,7,10-11H2,1H3. The first-order valence-corrected chi connectivity index (χ1v) is 6.72. The van der Waals surface area contributed by atoms with Crippen LogP contribution in [-0.2, 0) is 11.2 Å². The minimum Gasteiger partial charge on any atom is -0.497 e. The van der Waals surface area contributed by atoms with Gasteiger partial charge in [0.1, 0.15) is 5.75 Å². The molecule has 1 aliphatic rings. The van der Waals surface area contributed by atoms with Crippen LogP contribution in [0.4, 0.5) is 0 Å². The summed E-state index contributed by atoms with van der Waals surface area (Å²) in [6.07, 6.45) is 4.63. The zero-order chi connectivity index (χ0) is 12.8. The molecule has 1 aliphatic heterocycles. The van der Waals surface area contributed by atoms with Crippen LogP contribution in [0.5, 0.6) is 5.75 Å². The SMILES string of the molecule is COc1ccc(CCC(O)C2CCCCO2)cc1. The van der Waals surface area contributed by atoms with Gasteiger partial charge in [-0.25, -0.2) is 0 Å². The molecule has 1 heterocycles. The van der Waals surface area contributed by atoms with Crippen molar-refractivity contribution in [3.8, 4) is 5.75 Å². The van der Waals surface area contributed by atoms with E-state index in [-0.39, 0.29) is 12.2 Å². The van der Waals surface area contributed by atoms with Crippen LogP contribution in [0.25, 0.3) is 0 Å². The van der Waals surface area contributed by atoms with E-state index in [9.17, 15) is 5.11 Å². The van der Waals surface area contributed by atoms with E-state index in [4.69, 9.17) is 9.47 Å². The largest absolute Gasteiger partial charge is 0.497 e. The Kier molecular flexibility index (Phi) is 5.02. The van der Waals surface area contributed by atoms with E-state index in [1.807, 2.05) is 24.3 Å². The van der Waals surface area contributed by atoms with Crippen LogP contribution in [0.2, 0.25) is 0 Å². The van der Waals surface area contributed by atoms with Crippen molar-refractivity contribution in [1.29, 1.82) is 0 Å². The van der Waals surface area contributed by atoms with Crippen molar-refractivity contribution in [2.75, 3.05) is 13.7 Å². The Bertz CT molecular complexity index is 341. The lowest BCUT2D eigenvalue weighted by molar-refractivity contribution is -0.0640. The van der Waals surface area contributed by atoms with Crippen molar-refractivity contribution in [1.82, 2.24) is 0 Å². The second kappa shape index (κ2) is 6.76. The average molecular weight is 250 g/mol. The summed E-state index contributed by atoms with van der Waals surface area (Å²) in [6.45, 7) is 0.796. The molecule has 18 heavy (non-hydrogen) atoms. The van der Waals surface area contributed by atoms with Gasteiger partial charge in [0, 0.05) is 6.61 Å². The van der Waals surface area contributed by atoms with Gasteiger partial charge < -0.3 is 14.6 Å². The van der Waals surface area contributed by atoms with Crippen LogP contribution in [0, 0.1) is 0 Å². The molecule has 0 spiro atoms. The van der Waals surface area contributed by atoms with Crippen LogP contribution in [0.15, 0.2) is 24.3 Å². The molecular formula is C15H22O3. The quantitative estimate of drug-likeness (QED) is 0.873. The highest BCUT2D eigenvalue weighted by atomic mass is 16.5. The normalized spacial score (nSPS) is 21.6. The van der Waals surface area contributed by atoms with Gasteiger partial charge in [-0.1, -0.05) is 12.1 Å².